The lowest BCUT2D eigenvalue weighted by molar-refractivity contribution is -0.258. The molecular formula is C56H50O16S2. The van der Waals surface area contributed by atoms with Crippen molar-refractivity contribution >= 4 is 57.4 Å². The van der Waals surface area contributed by atoms with Gasteiger partial charge in [-0.2, -0.15) is 0 Å². The van der Waals surface area contributed by atoms with E-state index >= 15 is 0 Å². The van der Waals surface area contributed by atoms with Crippen molar-refractivity contribution in [2.75, 3.05) is 27.4 Å². The van der Waals surface area contributed by atoms with Gasteiger partial charge in [-0.05, 0) is 72.8 Å². The summed E-state index contributed by atoms with van der Waals surface area (Å²) in [6.07, 6.45) is -11.0. The van der Waals surface area contributed by atoms with Gasteiger partial charge in [-0.15, -0.1) is 0 Å². The topological polar surface area (TPSA) is 195 Å². The molecule has 2 heterocycles. The second kappa shape index (κ2) is 26.1. The van der Waals surface area contributed by atoms with Crippen LogP contribution in [0.4, 0.5) is 0 Å². The summed E-state index contributed by atoms with van der Waals surface area (Å²) < 4.78 is 61.5. The summed E-state index contributed by atoms with van der Waals surface area (Å²) in [5.74, 6) is -4.60. The Bertz CT molecular complexity index is 2600. The highest BCUT2D eigenvalue weighted by Crippen LogP contribution is 2.47. The Morgan fingerprint density at radius 2 is 0.581 bits per heavy atom. The van der Waals surface area contributed by atoms with Crippen molar-refractivity contribution in [2.24, 2.45) is 0 Å². The number of carbonyl (C=O) groups is 6. The molecule has 0 aliphatic carbocycles. The third kappa shape index (κ3) is 13.4. The van der Waals surface area contributed by atoms with Crippen LogP contribution in [0, 0.1) is 0 Å². The monoisotopic (exact) mass is 1040 g/mol. The molecule has 2 aliphatic heterocycles. The number of rotatable bonds is 19. The summed E-state index contributed by atoms with van der Waals surface area (Å²) in [7, 11) is 4.66. The molecule has 0 spiro atoms. The van der Waals surface area contributed by atoms with Crippen molar-refractivity contribution in [2.45, 2.75) is 59.7 Å². The van der Waals surface area contributed by atoms with E-state index < -0.39 is 109 Å². The second-order valence-electron chi connectivity index (χ2n) is 16.6. The predicted molar refractivity (Wildman–Crippen MR) is 270 cm³/mol. The van der Waals surface area contributed by atoms with Gasteiger partial charge in [-0.1, -0.05) is 131 Å². The summed E-state index contributed by atoms with van der Waals surface area (Å²) in [4.78, 5) is 83.5. The SMILES string of the molecule is CO[C@@H]1O[C@H](COC(=O)c2ccccc2)[C@@H](SS[C@H]2[C@H](OC(=O)c3ccccc3)[C@@H](OC(=O)c3ccccc3)[C@H](OC)O[C@@H]2COC(=O)c2ccccc2)[C@H](OC(=O)c2ccccc2)[C@H]1OC(=O)c1ccccc1. The first-order valence-electron chi connectivity index (χ1n) is 23.3. The lowest BCUT2D eigenvalue weighted by Gasteiger charge is -2.46. The van der Waals surface area contributed by atoms with E-state index in [9.17, 15) is 28.8 Å². The summed E-state index contributed by atoms with van der Waals surface area (Å²) >= 11 is 0. The molecule has 74 heavy (non-hydrogen) atoms. The van der Waals surface area contributed by atoms with Crippen LogP contribution < -0.4 is 0 Å². The Kier molecular flexibility index (Phi) is 18.7. The second-order valence-corrected chi connectivity index (χ2v) is 19.2. The number of carbonyl (C=O) groups excluding carboxylic acids is 6. The number of hydrogen-bond donors (Lipinski definition) is 0. The van der Waals surface area contributed by atoms with Crippen LogP contribution in [0.15, 0.2) is 182 Å². The average molecular weight is 1040 g/mol. The van der Waals surface area contributed by atoms with Crippen molar-refractivity contribution < 1.29 is 76.1 Å². The van der Waals surface area contributed by atoms with E-state index in [1.165, 1.54) is 14.2 Å². The van der Waals surface area contributed by atoms with Gasteiger partial charge in [0.25, 0.3) is 0 Å². The maximum absolute atomic E-state index is 14.2. The third-order valence-corrected chi connectivity index (χ3v) is 15.1. The van der Waals surface area contributed by atoms with Crippen molar-refractivity contribution in [3.8, 4) is 0 Å². The van der Waals surface area contributed by atoms with E-state index in [1.54, 1.807) is 182 Å². The Morgan fingerprint density at radius 1 is 0.351 bits per heavy atom. The fourth-order valence-corrected chi connectivity index (χ4v) is 11.6. The van der Waals surface area contributed by atoms with Crippen LogP contribution in [-0.4, -0.2) is 123 Å². The molecule has 0 saturated carbocycles. The number of ether oxygens (including phenoxy) is 10. The van der Waals surface area contributed by atoms with E-state index in [0.717, 1.165) is 21.6 Å². The third-order valence-electron chi connectivity index (χ3n) is 11.7. The molecule has 8 rings (SSSR count). The molecule has 16 nitrogen and oxygen atoms in total. The number of esters is 6. The highest BCUT2D eigenvalue weighted by Gasteiger charge is 2.55. The quantitative estimate of drug-likeness (QED) is 0.0425. The first-order valence-corrected chi connectivity index (χ1v) is 25.6. The number of hydrogen-bond acceptors (Lipinski definition) is 18. The van der Waals surface area contributed by atoms with E-state index in [-0.39, 0.29) is 33.4 Å². The predicted octanol–water partition coefficient (Wildman–Crippen LogP) is 8.46. The molecule has 0 unspecified atom stereocenters. The normalized spacial score (nSPS) is 23.3. The Hall–Kier alpha value is -7.32. The summed E-state index contributed by atoms with van der Waals surface area (Å²) in [5.41, 5.74) is 1.15. The van der Waals surface area contributed by atoms with Crippen LogP contribution in [0.3, 0.4) is 0 Å². The zero-order chi connectivity index (χ0) is 51.8. The van der Waals surface area contributed by atoms with Gasteiger partial charge in [-0.25, -0.2) is 28.8 Å². The van der Waals surface area contributed by atoms with Crippen LogP contribution >= 0.6 is 21.6 Å². The first-order chi connectivity index (χ1) is 36.1. The smallest absolute Gasteiger partial charge is 0.338 e. The van der Waals surface area contributed by atoms with Crippen LogP contribution in [0.2, 0.25) is 0 Å². The molecule has 0 amide bonds. The van der Waals surface area contributed by atoms with Crippen LogP contribution in [-0.2, 0) is 47.4 Å². The van der Waals surface area contributed by atoms with Crippen molar-refractivity contribution in [3.63, 3.8) is 0 Å². The fourth-order valence-electron chi connectivity index (χ4n) is 7.98. The highest BCUT2D eigenvalue weighted by atomic mass is 33.1. The van der Waals surface area contributed by atoms with Gasteiger partial charge in [0.1, 0.15) is 25.4 Å². The molecule has 2 saturated heterocycles. The molecule has 0 radical (unpaired) electrons. The summed E-state index contributed by atoms with van der Waals surface area (Å²) in [5, 5.41) is -2.28. The van der Waals surface area contributed by atoms with E-state index in [4.69, 9.17) is 47.4 Å². The Labute approximate surface area is 434 Å². The summed E-state index contributed by atoms with van der Waals surface area (Å²) in [6, 6.07) is 49.0. The van der Waals surface area contributed by atoms with Gasteiger partial charge in [0.15, 0.2) is 37.0 Å². The number of methoxy groups -OCH3 is 2. The van der Waals surface area contributed by atoms with Gasteiger partial charge in [0, 0.05) is 14.2 Å². The lowest BCUT2D eigenvalue weighted by Crippen LogP contribution is -2.62. The van der Waals surface area contributed by atoms with Crippen molar-refractivity contribution in [1.82, 2.24) is 0 Å². The maximum atomic E-state index is 14.2. The molecule has 2 fully saturated rings. The molecule has 6 aromatic rings. The minimum atomic E-state index is -1.46. The largest absolute Gasteiger partial charge is 0.459 e. The molecule has 0 aromatic heterocycles. The van der Waals surface area contributed by atoms with Gasteiger partial charge in [0.05, 0.1) is 43.9 Å². The van der Waals surface area contributed by atoms with Crippen LogP contribution in [0.1, 0.15) is 62.1 Å². The van der Waals surface area contributed by atoms with Gasteiger partial charge in [-0.3, -0.25) is 0 Å². The molecular weight excluding hydrogens is 993 g/mol. The van der Waals surface area contributed by atoms with E-state index in [1.807, 2.05) is 0 Å². The average Bonchev–Trinajstić information content (AvgIpc) is 3.45. The zero-order valence-electron chi connectivity index (χ0n) is 39.9. The molecule has 2 aliphatic rings. The minimum Gasteiger partial charge on any atom is -0.459 e. The Morgan fingerprint density at radius 3 is 0.824 bits per heavy atom. The van der Waals surface area contributed by atoms with Crippen molar-refractivity contribution in [1.29, 1.82) is 0 Å². The van der Waals surface area contributed by atoms with Gasteiger partial charge >= 0.3 is 35.8 Å². The van der Waals surface area contributed by atoms with Gasteiger partial charge in [0.2, 0.25) is 0 Å². The summed E-state index contributed by atoms with van der Waals surface area (Å²) in [6.45, 7) is -0.890. The zero-order valence-corrected chi connectivity index (χ0v) is 41.5. The molecule has 18 heteroatoms. The fraction of sp³-hybridized carbons (Fsp3) is 0.250. The molecule has 10 atom stereocenters. The molecule has 6 aromatic carbocycles. The lowest BCUT2D eigenvalue weighted by atomic mass is 10.0. The standard InChI is InChI=1S/C56H50O16S2/c1-63-55-45(71-53(61)39-29-17-7-18-30-39)43(69-51(59)37-25-13-5-14-26-37)47(41(67-55)33-65-49(57)35-21-9-3-10-22-35)73-74-48-42(34-66-50(58)36-23-11-4-12-24-36)68-56(64-2)46(72-54(62)40-31-19-8-20-32-40)44(48)70-52(60)38-27-15-6-16-28-38/h3-32,41-48,55-56H,33-34H2,1-2H3/t41-,42-,43-,44-,45-,46-,47-,48-,55-,56-/m1/s1. The van der Waals surface area contributed by atoms with Gasteiger partial charge < -0.3 is 47.4 Å². The van der Waals surface area contributed by atoms with E-state index in [2.05, 4.69) is 0 Å². The first kappa shape index (κ1) is 53.0. The highest BCUT2D eigenvalue weighted by molar-refractivity contribution is 8.77. The van der Waals surface area contributed by atoms with Crippen LogP contribution in [0.25, 0.3) is 0 Å². The van der Waals surface area contributed by atoms with E-state index in [0.29, 0.717) is 0 Å². The van der Waals surface area contributed by atoms with Crippen molar-refractivity contribution in [3.05, 3.63) is 215 Å². The maximum Gasteiger partial charge on any atom is 0.338 e. The Balaban J connectivity index is 1.21. The molecule has 382 valence electrons. The number of benzene rings is 6. The van der Waals surface area contributed by atoms with Crippen LogP contribution in [0.5, 0.6) is 0 Å². The molecule has 0 N–H and O–H groups in total. The minimum absolute atomic E-state index is 0.159. The molecule has 0 bridgehead atoms.